The van der Waals surface area contributed by atoms with Crippen LogP contribution in [0.15, 0.2) is 24.3 Å². The molecule has 1 aromatic rings. The fraction of sp³-hybridized carbons (Fsp3) is 0.500. The Labute approximate surface area is 137 Å². The highest BCUT2D eigenvalue weighted by Crippen LogP contribution is 2.32. The average Bonchev–Trinajstić information content (AvgIpc) is 2.51. The monoisotopic (exact) mass is 325 g/mol. The zero-order valence-electron chi connectivity index (χ0n) is 13.0. The van der Waals surface area contributed by atoms with Gasteiger partial charge in [-0.1, -0.05) is 32.0 Å². The highest BCUT2D eigenvalue weighted by atomic mass is 35.5. The van der Waals surface area contributed by atoms with Gasteiger partial charge in [0.2, 0.25) is 11.8 Å². The van der Waals surface area contributed by atoms with Crippen LogP contribution in [0.4, 0.5) is 5.69 Å². The third-order valence-corrected chi connectivity index (χ3v) is 4.34. The number of amides is 2. The number of hydrogen-bond acceptors (Lipinski definition) is 3. The molecular formula is C16H24ClN3O2. The first-order valence-corrected chi connectivity index (χ1v) is 7.44. The van der Waals surface area contributed by atoms with Gasteiger partial charge in [-0.25, -0.2) is 0 Å². The van der Waals surface area contributed by atoms with E-state index in [0.29, 0.717) is 6.54 Å². The molecule has 22 heavy (non-hydrogen) atoms. The standard InChI is InChI=1S/C16H23N3O2.ClH/c1-3-16(17,4-2)10-18-15(21)12-9-14(20)19-13-8-6-5-7-11(12)13;/h5-8,12H,3-4,9-10,17H2,1-2H3,(H,18,21)(H,19,20);1H. The summed E-state index contributed by atoms with van der Waals surface area (Å²) in [5, 5.41) is 5.71. The third kappa shape index (κ3) is 3.99. The van der Waals surface area contributed by atoms with Gasteiger partial charge in [0, 0.05) is 24.2 Å². The molecule has 0 aromatic heterocycles. The number of anilines is 1. The molecule has 1 heterocycles. The van der Waals surface area contributed by atoms with Gasteiger partial charge in [0.25, 0.3) is 0 Å². The van der Waals surface area contributed by atoms with Crippen molar-refractivity contribution in [3.8, 4) is 0 Å². The zero-order chi connectivity index (χ0) is 15.5. The molecule has 6 heteroatoms. The molecule has 1 unspecified atom stereocenters. The second kappa shape index (κ2) is 7.61. The maximum absolute atomic E-state index is 12.4. The Morgan fingerprint density at radius 1 is 1.36 bits per heavy atom. The minimum Gasteiger partial charge on any atom is -0.354 e. The van der Waals surface area contributed by atoms with Crippen molar-refractivity contribution in [1.82, 2.24) is 5.32 Å². The second-order valence-corrected chi connectivity index (χ2v) is 5.68. The van der Waals surface area contributed by atoms with Crippen molar-refractivity contribution in [3.05, 3.63) is 29.8 Å². The van der Waals surface area contributed by atoms with Gasteiger partial charge in [-0.05, 0) is 24.5 Å². The van der Waals surface area contributed by atoms with Crippen LogP contribution >= 0.6 is 12.4 Å². The van der Waals surface area contributed by atoms with E-state index in [0.717, 1.165) is 24.1 Å². The first-order valence-electron chi connectivity index (χ1n) is 7.44. The molecule has 0 saturated heterocycles. The van der Waals surface area contributed by atoms with Gasteiger partial charge in [-0.15, -0.1) is 12.4 Å². The number of hydrogen-bond donors (Lipinski definition) is 3. The first-order chi connectivity index (χ1) is 9.99. The van der Waals surface area contributed by atoms with Crippen LogP contribution in [0.5, 0.6) is 0 Å². The van der Waals surface area contributed by atoms with Crippen LogP contribution in [0.3, 0.4) is 0 Å². The molecule has 0 radical (unpaired) electrons. The van der Waals surface area contributed by atoms with Crippen LogP contribution in [0, 0.1) is 0 Å². The molecule has 2 amide bonds. The largest absolute Gasteiger partial charge is 0.354 e. The number of carbonyl (C=O) groups excluding carboxylic acids is 2. The smallest absolute Gasteiger partial charge is 0.228 e. The molecular weight excluding hydrogens is 302 g/mol. The van der Waals surface area contributed by atoms with Crippen LogP contribution in [-0.2, 0) is 9.59 Å². The number of fused-ring (bicyclic) bond motifs is 1. The van der Waals surface area contributed by atoms with E-state index in [1.165, 1.54) is 0 Å². The number of benzene rings is 1. The van der Waals surface area contributed by atoms with Crippen molar-refractivity contribution in [3.63, 3.8) is 0 Å². The number of rotatable bonds is 5. The van der Waals surface area contributed by atoms with Crippen LogP contribution in [-0.4, -0.2) is 23.9 Å². The quantitative estimate of drug-likeness (QED) is 0.775. The van der Waals surface area contributed by atoms with Gasteiger partial charge < -0.3 is 16.4 Å². The van der Waals surface area contributed by atoms with Gasteiger partial charge in [-0.3, -0.25) is 9.59 Å². The fourth-order valence-corrected chi connectivity index (χ4v) is 2.53. The summed E-state index contributed by atoms with van der Waals surface area (Å²) in [4.78, 5) is 24.2. The molecule has 5 nitrogen and oxygen atoms in total. The van der Waals surface area contributed by atoms with Crippen molar-refractivity contribution in [2.24, 2.45) is 5.73 Å². The SMILES string of the molecule is CCC(N)(CC)CNC(=O)C1CC(=O)Nc2ccccc21.Cl. The van der Waals surface area contributed by atoms with Crippen molar-refractivity contribution in [2.45, 2.75) is 44.6 Å². The predicted octanol–water partition coefficient (Wildman–Crippen LogP) is 2.17. The van der Waals surface area contributed by atoms with Crippen LogP contribution in [0.1, 0.15) is 44.6 Å². The lowest BCUT2D eigenvalue weighted by molar-refractivity contribution is -0.126. The number of nitrogens with one attached hydrogen (secondary N) is 2. The molecule has 1 atom stereocenters. The normalized spacial score (nSPS) is 17.0. The Kier molecular flexibility index (Phi) is 6.38. The molecule has 1 aliphatic rings. The van der Waals surface area contributed by atoms with Gasteiger partial charge in [0.05, 0.1) is 5.92 Å². The Morgan fingerprint density at radius 3 is 2.64 bits per heavy atom. The van der Waals surface area contributed by atoms with Crippen LogP contribution in [0.2, 0.25) is 0 Å². The Balaban J connectivity index is 0.00000242. The van der Waals surface area contributed by atoms with Crippen molar-refractivity contribution in [2.75, 3.05) is 11.9 Å². The van der Waals surface area contributed by atoms with E-state index in [1.54, 1.807) is 0 Å². The number of halogens is 1. The van der Waals surface area contributed by atoms with Gasteiger partial charge in [-0.2, -0.15) is 0 Å². The first kappa shape index (κ1) is 18.5. The lowest BCUT2D eigenvalue weighted by Crippen LogP contribution is -2.50. The molecule has 4 N–H and O–H groups in total. The summed E-state index contributed by atoms with van der Waals surface area (Å²) in [5.41, 5.74) is 7.41. The Morgan fingerprint density at radius 2 is 2.00 bits per heavy atom. The average molecular weight is 326 g/mol. The lowest BCUT2D eigenvalue weighted by atomic mass is 9.89. The topological polar surface area (TPSA) is 84.2 Å². The lowest BCUT2D eigenvalue weighted by Gasteiger charge is -2.29. The van der Waals surface area contributed by atoms with E-state index >= 15 is 0 Å². The zero-order valence-corrected chi connectivity index (χ0v) is 13.8. The second-order valence-electron chi connectivity index (χ2n) is 5.68. The van der Waals surface area contributed by atoms with Crippen molar-refractivity contribution in [1.29, 1.82) is 0 Å². The van der Waals surface area contributed by atoms with Crippen molar-refractivity contribution < 1.29 is 9.59 Å². The molecule has 1 aromatic carbocycles. The van der Waals surface area contributed by atoms with Gasteiger partial charge in [0.15, 0.2) is 0 Å². The van der Waals surface area contributed by atoms with E-state index in [2.05, 4.69) is 10.6 Å². The molecule has 2 rings (SSSR count). The van der Waals surface area contributed by atoms with E-state index < -0.39 is 5.92 Å². The van der Waals surface area contributed by atoms with E-state index in [9.17, 15) is 9.59 Å². The molecule has 0 saturated carbocycles. The maximum atomic E-state index is 12.4. The summed E-state index contributed by atoms with van der Waals surface area (Å²) in [6, 6.07) is 7.42. The summed E-state index contributed by atoms with van der Waals surface area (Å²) in [6.07, 6.45) is 1.77. The van der Waals surface area contributed by atoms with Crippen LogP contribution in [0.25, 0.3) is 0 Å². The van der Waals surface area contributed by atoms with E-state index in [4.69, 9.17) is 5.73 Å². The van der Waals surface area contributed by atoms with E-state index in [1.807, 2.05) is 38.1 Å². The summed E-state index contributed by atoms with van der Waals surface area (Å²) in [7, 11) is 0. The molecule has 0 aliphatic carbocycles. The van der Waals surface area contributed by atoms with Crippen molar-refractivity contribution >= 4 is 29.9 Å². The molecule has 0 spiro atoms. The molecule has 1 aliphatic heterocycles. The number of carbonyl (C=O) groups is 2. The highest BCUT2D eigenvalue weighted by Gasteiger charge is 2.31. The molecule has 122 valence electrons. The summed E-state index contributed by atoms with van der Waals surface area (Å²) >= 11 is 0. The van der Waals surface area contributed by atoms with Gasteiger partial charge in [0.1, 0.15) is 0 Å². The number of para-hydroxylation sites is 1. The minimum absolute atomic E-state index is 0. The third-order valence-electron chi connectivity index (χ3n) is 4.34. The molecule has 0 bridgehead atoms. The number of nitrogens with two attached hydrogens (primary N) is 1. The fourth-order valence-electron chi connectivity index (χ4n) is 2.53. The summed E-state index contributed by atoms with van der Waals surface area (Å²) in [6.45, 7) is 4.46. The minimum atomic E-state index is -0.437. The molecule has 0 fully saturated rings. The van der Waals surface area contributed by atoms with Crippen LogP contribution < -0.4 is 16.4 Å². The highest BCUT2D eigenvalue weighted by molar-refractivity contribution is 6.01. The predicted molar refractivity (Wildman–Crippen MR) is 90.2 cm³/mol. The Hall–Kier alpha value is -1.59. The maximum Gasteiger partial charge on any atom is 0.228 e. The Bertz CT molecular complexity index is 544. The summed E-state index contributed by atoms with van der Waals surface area (Å²) < 4.78 is 0. The summed E-state index contributed by atoms with van der Waals surface area (Å²) in [5.74, 6) is -0.694. The van der Waals surface area contributed by atoms with E-state index in [-0.39, 0.29) is 36.2 Å². The van der Waals surface area contributed by atoms with Gasteiger partial charge >= 0.3 is 0 Å².